The summed E-state index contributed by atoms with van der Waals surface area (Å²) in [4.78, 5) is 21.4. The Bertz CT molecular complexity index is 1290. The van der Waals surface area contributed by atoms with E-state index >= 15 is 0 Å². The minimum absolute atomic E-state index is 0.198. The van der Waals surface area contributed by atoms with Crippen molar-refractivity contribution in [2.24, 2.45) is 5.92 Å². The van der Waals surface area contributed by atoms with Gasteiger partial charge < -0.3 is 19.3 Å². The Kier molecular flexibility index (Phi) is 5.69. The molecule has 2 aromatic rings. The molecule has 0 radical (unpaired) electrons. The molecule has 3 aliphatic rings. The number of benzene rings is 1. The first-order valence-corrected chi connectivity index (χ1v) is 12.0. The van der Waals surface area contributed by atoms with Gasteiger partial charge in [-0.25, -0.2) is 9.37 Å². The van der Waals surface area contributed by atoms with Gasteiger partial charge in [0.05, 0.1) is 30.1 Å². The maximum Gasteiger partial charge on any atom is 0.128 e. The van der Waals surface area contributed by atoms with Crippen molar-refractivity contribution in [3.63, 3.8) is 0 Å². The van der Waals surface area contributed by atoms with Crippen LogP contribution in [0.5, 0.6) is 0 Å². The molecule has 34 heavy (non-hydrogen) atoms. The number of fused-ring (bicyclic) bond motifs is 4. The molecule has 0 N–H and O–H groups in total. The van der Waals surface area contributed by atoms with Gasteiger partial charge >= 0.3 is 0 Å². The number of carbonyl (C=O) groups excluding carboxylic acids is 1. The number of aryl methyl sites for hydroxylation is 1. The predicted octanol–water partition coefficient (Wildman–Crippen LogP) is 5.08. The summed E-state index contributed by atoms with van der Waals surface area (Å²) in [5.74, 6) is -0.434. The predicted molar refractivity (Wildman–Crippen MR) is 133 cm³/mol. The van der Waals surface area contributed by atoms with Crippen LogP contribution in [-0.4, -0.2) is 48.9 Å². The molecule has 1 aromatic carbocycles. The monoisotopic (exact) mass is 461 g/mol. The van der Waals surface area contributed by atoms with Crippen LogP contribution in [0.25, 0.3) is 16.6 Å². The molecule has 2 unspecified atom stereocenters. The van der Waals surface area contributed by atoms with Crippen LogP contribution in [0.3, 0.4) is 0 Å². The summed E-state index contributed by atoms with van der Waals surface area (Å²) in [5.41, 5.74) is 9.54. The van der Waals surface area contributed by atoms with Gasteiger partial charge in [-0.05, 0) is 68.6 Å². The molecule has 0 spiro atoms. The van der Waals surface area contributed by atoms with Gasteiger partial charge in [-0.3, -0.25) is 0 Å². The molecule has 2 atom stereocenters. The van der Waals surface area contributed by atoms with E-state index in [1.807, 2.05) is 13.8 Å². The number of nitrogens with zero attached hydrogens (tertiary/aromatic N) is 3. The van der Waals surface area contributed by atoms with Crippen molar-refractivity contribution in [2.75, 3.05) is 27.8 Å². The van der Waals surface area contributed by atoms with Crippen LogP contribution < -0.4 is 0 Å². The molecule has 3 heterocycles. The number of allylic oxidation sites excluding steroid dienone is 2. The minimum atomic E-state index is -0.236. The van der Waals surface area contributed by atoms with E-state index in [4.69, 9.17) is 9.72 Å². The Labute approximate surface area is 200 Å². The zero-order chi connectivity index (χ0) is 24.3. The minimum Gasteiger partial charge on any atom is -0.380 e. The van der Waals surface area contributed by atoms with Gasteiger partial charge in [0.2, 0.25) is 0 Å². The molecule has 5 nitrogen and oxygen atoms in total. The number of halogens is 1. The number of ether oxygens (including phenoxy) is 1. The molecule has 2 aliphatic heterocycles. The lowest BCUT2D eigenvalue weighted by molar-refractivity contribution is -0.110. The lowest BCUT2D eigenvalue weighted by atomic mass is 9.81. The number of hydrogen-bond donors (Lipinski definition) is 0. The van der Waals surface area contributed by atoms with Crippen LogP contribution in [0.1, 0.15) is 53.8 Å². The third kappa shape index (κ3) is 3.19. The van der Waals surface area contributed by atoms with E-state index in [-0.39, 0.29) is 17.8 Å². The summed E-state index contributed by atoms with van der Waals surface area (Å²) >= 11 is 0. The number of pyridine rings is 1. The van der Waals surface area contributed by atoms with Gasteiger partial charge in [-0.1, -0.05) is 13.5 Å². The smallest absolute Gasteiger partial charge is 0.128 e. The first kappa shape index (κ1) is 22.9. The van der Waals surface area contributed by atoms with Crippen LogP contribution in [-0.2, 0) is 22.5 Å². The molecule has 6 heteroatoms. The summed E-state index contributed by atoms with van der Waals surface area (Å²) in [6.45, 7) is 9.36. The molecule has 178 valence electrons. The van der Waals surface area contributed by atoms with Crippen LogP contribution in [0.2, 0.25) is 0 Å². The van der Waals surface area contributed by atoms with Gasteiger partial charge in [-0.2, -0.15) is 0 Å². The quantitative estimate of drug-likeness (QED) is 0.561. The third-order valence-corrected chi connectivity index (χ3v) is 7.83. The van der Waals surface area contributed by atoms with E-state index in [1.54, 1.807) is 13.2 Å². The van der Waals surface area contributed by atoms with E-state index < -0.39 is 0 Å². The van der Waals surface area contributed by atoms with E-state index in [0.29, 0.717) is 25.1 Å². The number of rotatable bonds is 6. The van der Waals surface area contributed by atoms with Crippen molar-refractivity contribution in [2.45, 2.75) is 45.7 Å². The molecule has 0 bridgehead atoms. The second-order valence-electron chi connectivity index (χ2n) is 9.81. The van der Waals surface area contributed by atoms with E-state index in [1.165, 1.54) is 11.1 Å². The Morgan fingerprint density at radius 1 is 1.38 bits per heavy atom. The Morgan fingerprint density at radius 3 is 2.79 bits per heavy atom. The molecule has 1 aliphatic carbocycles. The second kappa shape index (κ2) is 8.43. The third-order valence-electron chi connectivity index (χ3n) is 7.83. The van der Waals surface area contributed by atoms with Gasteiger partial charge in [0.1, 0.15) is 12.1 Å². The number of carbonyl (C=O) groups is 1. The van der Waals surface area contributed by atoms with Crippen molar-refractivity contribution in [1.29, 1.82) is 0 Å². The highest BCUT2D eigenvalue weighted by Gasteiger charge is 2.39. The summed E-state index contributed by atoms with van der Waals surface area (Å²) in [6, 6.07) is 1.82. The molecular formula is C28H32FN3O2. The SMILES string of the molecule is C=C1C(COC)=C(C(C=O)CC)C=C2c3nc4cc(F)c(C)c5c4c(c3CN12)C(N(C)C)CC5. The summed E-state index contributed by atoms with van der Waals surface area (Å²) in [6.07, 6.45) is 5.57. The molecular weight excluding hydrogens is 429 g/mol. The largest absolute Gasteiger partial charge is 0.380 e. The molecule has 5 rings (SSSR count). The summed E-state index contributed by atoms with van der Waals surface area (Å²) in [5, 5.41) is 1.11. The molecule has 1 aromatic heterocycles. The first-order chi connectivity index (χ1) is 16.3. The average Bonchev–Trinajstić information content (AvgIpc) is 3.19. The van der Waals surface area contributed by atoms with Crippen LogP contribution in [0, 0.1) is 18.7 Å². The van der Waals surface area contributed by atoms with E-state index in [0.717, 1.165) is 63.9 Å². The Balaban J connectivity index is 1.81. The van der Waals surface area contributed by atoms with Crippen molar-refractivity contribution >= 4 is 22.9 Å². The fraction of sp³-hybridized carbons (Fsp3) is 0.429. The lowest BCUT2D eigenvalue weighted by Gasteiger charge is -2.33. The number of hydrogen-bond acceptors (Lipinski definition) is 5. The summed E-state index contributed by atoms with van der Waals surface area (Å²) < 4.78 is 20.4. The highest BCUT2D eigenvalue weighted by molar-refractivity contribution is 5.93. The summed E-state index contributed by atoms with van der Waals surface area (Å²) in [7, 11) is 5.88. The van der Waals surface area contributed by atoms with Gasteiger partial charge in [0.15, 0.2) is 0 Å². The van der Waals surface area contributed by atoms with Crippen LogP contribution in [0.15, 0.2) is 35.6 Å². The molecule has 0 fully saturated rings. The van der Waals surface area contributed by atoms with Gasteiger partial charge in [0.25, 0.3) is 0 Å². The first-order valence-electron chi connectivity index (χ1n) is 12.0. The van der Waals surface area contributed by atoms with E-state index in [2.05, 4.69) is 36.6 Å². The zero-order valence-electron chi connectivity index (χ0n) is 20.7. The molecule has 0 amide bonds. The maximum absolute atomic E-state index is 14.9. The molecule has 0 saturated heterocycles. The van der Waals surface area contributed by atoms with Crippen molar-refractivity contribution in [3.8, 4) is 0 Å². The lowest BCUT2D eigenvalue weighted by Crippen LogP contribution is -2.26. The number of aldehydes is 1. The second-order valence-corrected chi connectivity index (χ2v) is 9.81. The Hall–Kier alpha value is -2.83. The van der Waals surface area contributed by atoms with Crippen LogP contribution in [0.4, 0.5) is 4.39 Å². The van der Waals surface area contributed by atoms with Crippen molar-refractivity contribution in [3.05, 3.63) is 69.3 Å². The normalized spacial score (nSPS) is 20.1. The Morgan fingerprint density at radius 2 is 2.15 bits per heavy atom. The number of methoxy groups -OCH3 is 1. The van der Waals surface area contributed by atoms with E-state index in [9.17, 15) is 9.18 Å². The topological polar surface area (TPSA) is 45.7 Å². The number of aromatic nitrogens is 1. The van der Waals surface area contributed by atoms with Crippen molar-refractivity contribution in [1.82, 2.24) is 14.8 Å². The zero-order valence-corrected chi connectivity index (χ0v) is 20.7. The van der Waals surface area contributed by atoms with Gasteiger partial charge in [-0.15, -0.1) is 0 Å². The highest BCUT2D eigenvalue weighted by atomic mass is 19.1. The molecule has 0 saturated carbocycles. The fourth-order valence-electron chi connectivity index (χ4n) is 5.99. The fourth-order valence-corrected chi connectivity index (χ4v) is 5.99. The highest BCUT2D eigenvalue weighted by Crippen LogP contribution is 2.49. The van der Waals surface area contributed by atoms with Gasteiger partial charge in [0, 0.05) is 47.4 Å². The van der Waals surface area contributed by atoms with Crippen molar-refractivity contribution < 1.29 is 13.9 Å². The standard InChI is InChI=1S/C28H32FN3O2/c1-7-17(13-33)19-10-25-28-20(12-32(25)16(3)21(19)14-34-6)27-24(31(4)5)9-8-18-15(2)22(29)11-23(30-28)26(18)27/h10-11,13,17,24H,3,7-9,12,14H2,1-2,4-6H3. The maximum atomic E-state index is 14.9. The average molecular weight is 462 g/mol. The van der Waals surface area contributed by atoms with Crippen LogP contribution >= 0.6 is 0 Å².